The average Bonchev–Trinajstić information content (AvgIpc) is 2.33. The van der Waals surface area contributed by atoms with Gasteiger partial charge in [0.05, 0.1) is 12.8 Å². The molecule has 0 spiro atoms. The number of carbonyl (C=O) groups excluding carboxylic acids is 2. The SMILES string of the molecule is NC(=O)C[C@H](NC(=O)Cc1cccc(F)c1F)C(=O)O. The topological polar surface area (TPSA) is 109 Å². The van der Waals surface area contributed by atoms with Gasteiger partial charge >= 0.3 is 5.97 Å². The number of hydrogen-bond donors (Lipinski definition) is 3. The summed E-state index contributed by atoms with van der Waals surface area (Å²) in [6.45, 7) is 0. The molecule has 0 saturated carbocycles. The van der Waals surface area contributed by atoms with E-state index in [-0.39, 0.29) is 5.56 Å². The third-order valence-electron chi connectivity index (χ3n) is 2.42. The van der Waals surface area contributed by atoms with Crippen LogP contribution < -0.4 is 11.1 Å². The molecule has 4 N–H and O–H groups in total. The van der Waals surface area contributed by atoms with E-state index in [1.807, 2.05) is 5.32 Å². The van der Waals surface area contributed by atoms with E-state index >= 15 is 0 Å². The van der Waals surface area contributed by atoms with Gasteiger partial charge < -0.3 is 16.2 Å². The first kappa shape index (κ1) is 15.5. The van der Waals surface area contributed by atoms with E-state index in [1.54, 1.807) is 0 Å². The van der Waals surface area contributed by atoms with Crippen LogP contribution in [0.25, 0.3) is 0 Å². The number of carbonyl (C=O) groups is 3. The van der Waals surface area contributed by atoms with Gasteiger partial charge in [-0.05, 0) is 6.07 Å². The fourth-order valence-corrected chi connectivity index (χ4v) is 1.50. The second-order valence-corrected chi connectivity index (χ2v) is 4.02. The number of carboxylic acid groups (broad SMARTS) is 1. The zero-order valence-electron chi connectivity index (χ0n) is 10.2. The molecule has 0 fully saturated rings. The van der Waals surface area contributed by atoms with Crippen molar-refractivity contribution in [3.8, 4) is 0 Å². The van der Waals surface area contributed by atoms with Crippen molar-refractivity contribution < 1.29 is 28.3 Å². The average molecular weight is 286 g/mol. The molecular weight excluding hydrogens is 274 g/mol. The number of halogens is 2. The minimum absolute atomic E-state index is 0.217. The summed E-state index contributed by atoms with van der Waals surface area (Å²) >= 11 is 0. The lowest BCUT2D eigenvalue weighted by molar-refractivity contribution is -0.143. The summed E-state index contributed by atoms with van der Waals surface area (Å²) in [5.41, 5.74) is 4.62. The molecule has 2 amide bonds. The molecule has 0 radical (unpaired) electrons. The molecule has 6 nitrogen and oxygen atoms in total. The standard InChI is InChI=1S/C12H12F2N2O4/c13-7-3-1-2-6(11(7)14)4-10(18)16-8(12(19)20)5-9(15)17/h1-3,8H,4-5H2,(H2,15,17)(H,16,18)(H,19,20)/t8-/m0/s1. The molecular formula is C12H12F2N2O4. The molecule has 1 rings (SSSR count). The third-order valence-corrected chi connectivity index (χ3v) is 2.42. The minimum atomic E-state index is -1.50. The van der Waals surface area contributed by atoms with Gasteiger partial charge in [0, 0.05) is 5.56 Å². The Morgan fingerprint density at radius 3 is 2.50 bits per heavy atom. The molecule has 0 aromatic heterocycles. The molecule has 0 unspecified atom stereocenters. The second-order valence-electron chi connectivity index (χ2n) is 4.02. The van der Waals surface area contributed by atoms with E-state index in [0.717, 1.165) is 6.07 Å². The van der Waals surface area contributed by atoms with Crippen molar-refractivity contribution in [2.45, 2.75) is 18.9 Å². The van der Waals surface area contributed by atoms with Crippen LogP contribution in [0.2, 0.25) is 0 Å². The number of primary amides is 1. The van der Waals surface area contributed by atoms with Crippen molar-refractivity contribution in [1.82, 2.24) is 5.32 Å². The van der Waals surface area contributed by atoms with Gasteiger partial charge in [-0.25, -0.2) is 13.6 Å². The maximum absolute atomic E-state index is 13.3. The maximum atomic E-state index is 13.3. The molecule has 0 bridgehead atoms. The van der Waals surface area contributed by atoms with Crippen LogP contribution in [0.3, 0.4) is 0 Å². The van der Waals surface area contributed by atoms with Gasteiger partial charge in [0.2, 0.25) is 11.8 Å². The van der Waals surface area contributed by atoms with Crippen molar-refractivity contribution in [2.24, 2.45) is 5.73 Å². The van der Waals surface area contributed by atoms with Crippen LogP contribution in [0, 0.1) is 11.6 Å². The summed E-state index contributed by atoms with van der Waals surface area (Å²) in [7, 11) is 0. The van der Waals surface area contributed by atoms with E-state index in [0.29, 0.717) is 0 Å². The first-order chi connectivity index (χ1) is 9.31. The van der Waals surface area contributed by atoms with Gasteiger partial charge in [-0.2, -0.15) is 0 Å². The number of carboxylic acids is 1. The second kappa shape index (κ2) is 6.60. The van der Waals surface area contributed by atoms with Crippen LogP contribution >= 0.6 is 0 Å². The summed E-state index contributed by atoms with van der Waals surface area (Å²) in [6.07, 6.45) is -1.14. The van der Waals surface area contributed by atoms with Crippen LogP contribution in [0.5, 0.6) is 0 Å². The number of aliphatic carboxylic acids is 1. The van der Waals surface area contributed by atoms with Gasteiger partial charge in [-0.3, -0.25) is 9.59 Å². The molecule has 0 aliphatic heterocycles. The lowest BCUT2D eigenvalue weighted by Gasteiger charge is -2.13. The summed E-state index contributed by atoms with van der Waals surface area (Å²) in [5.74, 6) is -5.50. The van der Waals surface area contributed by atoms with Crippen LogP contribution in [-0.4, -0.2) is 28.9 Å². The van der Waals surface area contributed by atoms with E-state index in [1.165, 1.54) is 12.1 Å². The Bertz CT molecular complexity index is 548. The molecule has 1 aromatic carbocycles. The number of nitrogens with two attached hydrogens (primary N) is 1. The Balaban J connectivity index is 2.73. The highest BCUT2D eigenvalue weighted by atomic mass is 19.2. The van der Waals surface area contributed by atoms with Crippen molar-refractivity contribution in [2.75, 3.05) is 0 Å². The van der Waals surface area contributed by atoms with Crippen molar-refractivity contribution >= 4 is 17.8 Å². The highest BCUT2D eigenvalue weighted by molar-refractivity contribution is 5.88. The molecule has 1 aromatic rings. The number of hydrogen-bond acceptors (Lipinski definition) is 3. The summed E-state index contributed by atoms with van der Waals surface area (Å²) < 4.78 is 26.3. The molecule has 20 heavy (non-hydrogen) atoms. The minimum Gasteiger partial charge on any atom is -0.480 e. The number of rotatable bonds is 6. The van der Waals surface area contributed by atoms with Gasteiger partial charge in [-0.15, -0.1) is 0 Å². The molecule has 108 valence electrons. The molecule has 0 aliphatic carbocycles. The predicted octanol–water partition coefficient (Wildman–Crippen LogP) is -0.0479. The van der Waals surface area contributed by atoms with E-state index in [4.69, 9.17) is 10.8 Å². The highest BCUT2D eigenvalue weighted by Gasteiger charge is 2.22. The monoisotopic (exact) mass is 286 g/mol. The summed E-state index contributed by atoms with van der Waals surface area (Å²) in [5, 5.41) is 10.8. The van der Waals surface area contributed by atoms with Crippen molar-refractivity contribution in [3.63, 3.8) is 0 Å². The quantitative estimate of drug-likeness (QED) is 0.681. The number of amides is 2. The Morgan fingerprint density at radius 1 is 1.30 bits per heavy atom. The van der Waals surface area contributed by atoms with Gasteiger partial charge in [0.15, 0.2) is 11.6 Å². The largest absolute Gasteiger partial charge is 0.480 e. The molecule has 1 atom stereocenters. The molecule has 0 saturated heterocycles. The van der Waals surface area contributed by atoms with Crippen molar-refractivity contribution in [1.29, 1.82) is 0 Å². The van der Waals surface area contributed by atoms with Gasteiger partial charge in [0.1, 0.15) is 6.04 Å². The highest BCUT2D eigenvalue weighted by Crippen LogP contribution is 2.12. The summed E-state index contributed by atoms with van der Waals surface area (Å²) in [4.78, 5) is 33.0. The summed E-state index contributed by atoms with van der Waals surface area (Å²) in [6, 6.07) is 1.81. The van der Waals surface area contributed by atoms with Crippen LogP contribution in [0.15, 0.2) is 18.2 Å². The van der Waals surface area contributed by atoms with Crippen molar-refractivity contribution in [3.05, 3.63) is 35.4 Å². The first-order valence-corrected chi connectivity index (χ1v) is 5.54. The maximum Gasteiger partial charge on any atom is 0.326 e. The lowest BCUT2D eigenvalue weighted by Crippen LogP contribution is -2.44. The number of nitrogens with one attached hydrogen (secondary N) is 1. The van der Waals surface area contributed by atoms with Crippen LogP contribution in [0.1, 0.15) is 12.0 Å². The normalized spacial score (nSPS) is 11.7. The molecule has 8 heteroatoms. The third kappa shape index (κ3) is 4.30. The Labute approximate surface area is 112 Å². The Morgan fingerprint density at radius 2 is 1.95 bits per heavy atom. The fraction of sp³-hybridized carbons (Fsp3) is 0.250. The molecule has 0 aliphatic rings. The predicted molar refractivity (Wildman–Crippen MR) is 63.4 cm³/mol. The van der Waals surface area contributed by atoms with E-state index in [2.05, 4.69) is 0 Å². The Kier molecular flexibility index (Phi) is 5.13. The lowest BCUT2D eigenvalue weighted by atomic mass is 10.1. The van der Waals surface area contributed by atoms with Crippen LogP contribution in [-0.2, 0) is 20.8 Å². The zero-order valence-corrected chi connectivity index (χ0v) is 10.2. The zero-order chi connectivity index (χ0) is 15.3. The molecule has 0 heterocycles. The van der Waals surface area contributed by atoms with E-state index < -0.39 is 48.3 Å². The fourth-order valence-electron chi connectivity index (χ4n) is 1.50. The smallest absolute Gasteiger partial charge is 0.326 e. The first-order valence-electron chi connectivity index (χ1n) is 5.54. The Hall–Kier alpha value is -2.51. The van der Waals surface area contributed by atoms with E-state index in [9.17, 15) is 23.2 Å². The van der Waals surface area contributed by atoms with Crippen LogP contribution in [0.4, 0.5) is 8.78 Å². The number of benzene rings is 1. The van der Waals surface area contributed by atoms with Gasteiger partial charge in [0.25, 0.3) is 0 Å². The van der Waals surface area contributed by atoms with Gasteiger partial charge in [-0.1, -0.05) is 12.1 Å².